The third-order valence-electron chi connectivity index (χ3n) is 2.27. The van der Waals surface area contributed by atoms with Gasteiger partial charge in [0.05, 0.1) is 16.7 Å². The van der Waals surface area contributed by atoms with E-state index in [9.17, 15) is 0 Å². The van der Waals surface area contributed by atoms with E-state index in [2.05, 4.69) is 6.92 Å². The first kappa shape index (κ1) is 12.8. The Morgan fingerprint density at radius 3 is 2.81 bits per heavy atom. The maximum Gasteiger partial charge on any atom is 0.132 e. The van der Waals surface area contributed by atoms with Crippen LogP contribution in [0, 0.1) is 5.41 Å². The van der Waals surface area contributed by atoms with Gasteiger partial charge in [-0.25, -0.2) is 0 Å². The molecule has 0 saturated carbocycles. The van der Waals surface area contributed by atoms with Crippen molar-refractivity contribution in [2.45, 2.75) is 32.8 Å². The summed E-state index contributed by atoms with van der Waals surface area (Å²) in [5.74, 6) is 0.519. The summed E-state index contributed by atoms with van der Waals surface area (Å²) in [6.45, 7) is 4.10. The van der Waals surface area contributed by atoms with Crippen LogP contribution in [0.2, 0.25) is 5.02 Å². The maximum absolute atomic E-state index is 7.48. The highest BCUT2D eigenvalue weighted by molar-refractivity contribution is 6.34. The van der Waals surface area contributed by atoms with Crippen molar-refractivity contribution in [1.82, 2.24) is 0 Å². The van der Waals surface area contributed by atoms with Crippen LogP contribution in [0.1, 0.15) is 32.3 Å². The van der Waals surface area contributed by atoms with Crippen molar-refractivity contribution in [3.63, 3.8) is 0 Å². The van der Waals surface area contributed by atoms with Crippen LogP contribution >= 0.6 is 11.6 Å². The van der Waals surface area contributed by atoms with E-state index < -0.39 is 0 Å². The second kappa shape index (κ2) is 5.75. The Balaban J connectivity index is 2.95. The fourth-order valence-electron chi connectivity index (χ4n) is 1.55. The number of benzene rings is 1. The van der Waals surface area contributed by atoms with E-state index in [1.807, 2.05) is 6.92 Å². The highest BCUT2D eigenvalue weighted by atomic mass is 35.5. The molecule has 1 atom stereocenters. The number of halogens is 1. The number of hydrogen-bond acceptors (Lipinski definition) is 2. The molecule has 0 aliphatic carbocycles. The van der Waals surface area contributed by atoms with Crippen LogP contribution in [0.5, 0.6) is 5.75 Å². The smallest absolute Gasteiger partial charge is 0.132 e. The summed E-state index contributed by atoms with van der Waals surface area (Å²) in [6.07, 6.45) is 2.11. The van der Waals surface area contributed by atoms with Crippen LogP contribution in [0.3, 0.4) is 0 Å². The summed E-state index contributed by atoms with van der Waals surface area (Å²) >= 11 is 5.98. The van der Waals surface area contributed by atoms with Gasteiger partial charge >= 0.3 is 0 Å². The van der Waals surface area contributed by atoms with Gasteiger partial charge in [0.15, 0.2) is 0 Å². The fourth-order valence-corrected chi connectivity index (χ4v) is 1.81. The number of hydrogen-bond donors (Lipinski definition) is 2. The van der Waals surface area contributed by atoms with Gasteiger partial charge in [-0.05, 0) is 25.5 Å². The summed E-state index contributed by atoms with van der Waals surface area (Å²) in [5.41, 5.74) is 5.96. The molecule has 1 rings (SSSR count). The van der Waals surface area contributed by atoms with Crippen LogP contribution in [-0.2, 0) is 0 Å². The quantitative estimate of drug-likeness (QED) is 0.613. The Morgan fingerprint density at radius 1 is 1.56 bits per heavy atom. The molecule has 3 N–H and O–H groups in total. The molecule has 0 spiro atoms. The van der Waals surface area contributed by atoms with E-state index in [0.29, 0.717) is 16.3 Å². The predicted molar refractivity (Wildman–Crippen MR) is 67.5 cm³/mol. The number of ether oxygens (including phenoxy) is 1. The molecule has 88 valence electrons. The second-order valence-electron chi connectivity index (χ2n) is 3.74. The van der Waals surface area contributed by atoms with Gasteiger partial charge < -0.3 is 10.5 Å². The molecule has 0 fully saturated rings. The van der Waals surface area contributed by atoms with Crippen LogP contribution in [-0.4, -0.2) is 11.9 Å². The topological polar surface area (TPSA) is 59.1 Å². The van der Waals surface area contributed by atoms with E-state index in [4.69, 9.17) is 27.5 Å². The van der Waals surface area contributed by atoms with E-state index in [1.165, 1.54) is 0 Å². The highest BCUT2D eigenvalue weighted by Crippen LogP contribution is 2.27. The molecular formula is C12H17ClN2O. The Morgan fingerprint density at radius 2 is 2.25 bits per heavy atom. The fraction of sp³-hybridized carbons (Fsp3) is 0.417. The van der Waals surface area contributed by atoms with Gasteiger partial charge in [-0.1, -0.05) is 31.0 Å². The van der Waals surface area contributed by atoms with E-state index >= 15 is 0 Å². The van der Waals surface area contributed by atoms with E-state index in [0.717, 1.165) is 12.8 Å². The lowest BCUT2D eigenvalue weighted by Crippen LogP contribution is -2.17. The first-order chi connectivity index (χ1) is 7.56. The average molecular weight is 241 g/mol. The average Bonchev–Trinajstić information content (AvgIpc) is 2.17. The van der Waals surface area contributed by atoms with Crippen molar-refractivity contribution in [2.24, 2.45) is 5.73 Å². The zero-order chi connectivity index (χ0) is 12.1. The zero-order valence-electron chi connectivity index (χ0n) is 9.59. The van der Waals surface area contributed by atoms with Gasteiger partial charge in [0.2, 0.25) is 0 Å². The lowest BCUT2D eigenvalue weighted by Gasteiger charge is -2.17. The van der Waals surface area contributed by atoms with Crippen molar-refractivity contribution in [3.05, 3.63) is 28.8 Å². The largest absolute Gasteiger partial charge is 0.490 e. The molecule has 0 amide bonds. The summed E-state index contributed by atoms with van der Waals surface area (Å²) in [4.78, 5) is 0. The van der Waals surface area contributed by atoms with E-state index in [1.54, 1.807) is 18.2 Å². The number of nitrogens with two attached hydrogens (primary N) is 1. The monoisotopic (exact) mass is 240 g/mol. The van der Waals surface area contributed by atoms with Crippen molar-refractivity contribution >= 4 is 17.4 Å². The molecule has 16 heavy (non-hydrogen) atoms. The first-order valence-electron chi connectivity index (χ1n) is 5.35. The Labute approximate surface area is 101 Å². The van der Waals surface area contributed by atoms with Crippen molar-refractivity contribution in [2.75, 3.05) is 0 Å². The molecule has 0 aliphatic rings. The number of nitrogens with one attached hydrogen (secondary N) is 1. The van der Waals surface area contributed by atoms with Crippen molar-refractivity contribution in [1.29, 1.82) is 5.41 Å². The highest BCUT2D eigenvalue weighted by Gasteiger charge is 2.13. The minimum atomic E-state index is -0.0655. The summed E-state index contributed by atoms with van der Waals surface area (Å²) in [6, 6.07) is 5.28. The Bertz CT molecular complexity index is 379. The lowest BCUT2D eigenvalue weighted by atomic mass is 10.1. The van der Waals surface area contributed by atoms with Gasteiger partial charge in [0.25, 0.3) is 0 Å². The van der Waals surface area contributed by atoms with Crippen LogP contribution in [0.25, 0.3) is 0 Å². The molecule has 4 heteroatoms. The third kappa shape index (κ3) is 3.14. The Hall–Kier alpha value is -1.22. The van der Waals surface area contributed by atoms with Crippen LogP contribution < -0.4 is 10.5 Å². The van der Waals surface area contributed by atoms with Gasteiger partial charge in [-0.15, -0.1) is 0 Å². The second-order valence-corrected chi connectivity index (χ2v) is 4.15. The van der Waals surface area contributed by atoms with Crippen LogP contribution in [0.15, 0.2) is 18.2 Å². The number of nitrogen functional groups attached to an aromatic ring is 1. The Kier molecular flexibility index (Phi) is 4.62. The summed E-state index contributed by atoms with van der Waals surface area (Å²) in [7, 11) is 0. The number of rotatable bonds is 5. The number of amidine groups is 1. The van der Waals surface area contributed by atoms with Gasteiger partial charge in [-0.3, -0.25) is 5.41 Å². The SMILES string of the molecule is CCCC(C)Oc1cccc(Cl)c1C(=N)N. The van der Waals surface area contributed by atoms with Crippen LogP contribution in [0.4, 0.5) is 0 Å². The predicted octanol–water partition coefficient (Wildman–Crippen LogP) is 3.19. The molecule has 1 unspecified atom stereocenters. The molecule has 0 heterocycles. The summed E-state index contributed by atoms with van der Waals surface area (Å²) < 4.78 is 5.72. The molecule has 3 nitrogen and oxygen atoms in total. The minimum absolute atomic E-state index is 0.0655. The standard InChI is InChI=1S/C12H17ClN2O/c1-3-5-8(2)16-10-7-4-6-9(13)11(10)12(14)15/h4,6-8H,3,5H2,1-2H3,(H3,14,15). The molecule has 0 bridgehead atoms. The third-order valence-corrected chi connectivity index (χ3v) is 2.58. The van der Waals surface area contributed by atoms with Crippen molar-refractivity contribution < 1.29 is 4.74 Å². The zero-order valence-corrected chi connectivity index (χ0v) is 10.3. The molecular weight excluding hydrogens is 224 g/mol. The molecule has 0 aliphatic heterocycles. The lowest BCUT2D eigenvalue weighted by molar-refractivity contribution is 0.209. The van der Waals surface area contributed by atoms with Gasteiger partial charge in [0, 0.05) is 0 Å². The molecule has 0 radical (unpaired) electrons. The normalized spacial score (nSPS) is 12.2. The first-order valence-corrected chi connectivity index (χ1v) is 5.73. The molecule has 1 aromatic carbocycles. The molecule has 0 saturated heterocycles. The van der Waals surface area contributed by atoms with Crippen molar-refractivity contribution in [3.8, 4) is 5.75 Å². The maximum atomic E-state index is 7.48. The van der Waals surface area contributed by atoms with E-state index in [-0.39, 0.29) is 11.9 Å². The molecule has 1 aromatic rings. The minimum Gasteiger partial charge on any atom is -0.490 e. The summed E-state index contributed by atoms with van der Waals surface area (Å²) in [5, 5.41) is 7.93. The van der Waals surface area contributed by atoms with Gasteiger partial charge in [0.1, 0.15) is 11.6 Å². The van der Waals surface area contributed by atoms with Gasteiger partial charge in [-0.2, -0.15) is 0 Å². The molecule has 0 aromatic heterocycles.